The van der Waals surface area contributed by atoms with E-state index in [2.05, 4.69) is 20.9 Å². The van der Waals surface area contributed by atoms with Crippen LogP contribution in [-0.4, -0.2) is 10.9 Å². The van der Waals surface area contributed by atoms with Gasteiger partial charge >= 0.3 is 0 Å². The van der Waals surface area contributed by atoms with Crippen molar-refractivity contribution in [1.82, 2.24) is 4.98 Å². The van der Waals surface area contributed by atoms with E-state index in [0.717, 1.165) is 16.6 Å². The summed E-state index contributed by atoms with van der Waals surface area (Å²) in [6, 6.07) is 3.91. The Balaban J connectivity index is 2.68. The lowest BCUT2D eigenvalue weighted by molar-refractivity contribution is 1.23. The second kappa shape index (κ2) is 5.33. The van der Waals surface area contributed by atoms with E-state index in [1.807, 2.05) is 24.3 Å². The molecule has 0 spiro atoms. The van der Waals surface area contributed by atoms with E-state index < -0.39 is 0 Å². The maximum atomic E-state index is 5.53. The van der Waals surface area contributed by atoms with Crippen LogP contribution in [0.5, 0.6) is 0 Å². The number of rotatable bonds is 3. The van der Waals surface area contributed by atoms with Gasteiger partial charge in [-0.3, -0.25) is 0 Å². The van der Waals surface area contributed by atoms with Gasteiger partial charge in [0, 0.05) is 17.6 Å². The van der Waals surface area contributed by atoms with Crippen LogP contribution in [0.1, 0.15) is 12.0 Å². The molecule has 64 valence electrons. The molecule has 0 aliphatic heterocycles. The van der Waals surface area contributed by atoms with Crippen LogP contribution < -0.4 is 0 Å². The zero-order chi connectivity index (χ0) is 8.81. The highest BCUT2D eigenvalue weighted by atomic mass is 79.9. The van der Waals surface area contributed by atoms with Crippen LogP contribution in [0.4, 0.5) is 0 Å². The molecule has 0 saturated carbocycles. The average Bonchev–Trinajstić information content (AvgIpc) is 2.09. The Kier molecular flexibility index (Phi) is 4.33. The highest BCUT2D eigenvalue weighted by molar-refractivity contribution is 9.10. The van der Waals surface area contributed by atoms with E-state index >= 15 is 0 Å². The minimum atomic E-state index is 0.661. The molecule has 0 aromatic carbocycles. The average molecular weight is 247 g/mol. The number of nitrogens with zero attached hydrogens (tertiary/aromatic N) is 1. The van der Waals surface area contributed by atoms with E-state index in [1.54, 1.807) is 6.20 Å². The standard InChI is InChI=1S/C9H9BrClN/c10-9-8(4-1-2-6-11)5-3-7-12-9/h1,3-5,7H,2,6H2. The van der Waals surface area contributed by atoms with Crippen LogP contribution in [0, 0.1) is 0 Å². The Labute approximate surface area is 85.6 Å². The van der Waals surface area contributed by atoms with Gasteiger partial charge in [0.05, 0.1) is 0 Å². The van der Waals surface area contributed by atoms with Crippen LogP contribution >= 0.6 is 27.5 Å². The first-order valence-electron chi connectivity index (χ1n) is 3.67. The van der Waals surface area contributed by atoms with E-state index in [1.165, 1.54) is 0 Å². The van der Waals surface area contributed by atoms with Gasteiger partial charge in [0.15, 0.2) is 0 Å². The van der Waals surface area contributed by atoms with Crippen LogP contribution in [0.25, 0.3) is 6.08 Å². The molecule has 0 N–H and O–H groups in total. The number of hydrogen-bond acceptors (Lipinski definition) is 1. The van der Waals surface area contributed by atoms with Crippen molar-refractivity contribution in [2.45, 2.75) is 6.42 Å². The zero-order valence-electron chi connectivity index (χ0n) is 6.50. The number of halogens is 2. The van der Waals surface area contributed by atoms with Gasteiger partial charge in [0.25, 0.3) is 0 Å². The Morgan fingerprint density at radius 1 is 1.58 bits per heavy atom. The maximum Gasteiger partial charge on any atom is 0.113 e. The van der Waals surface area contributed by atoms with Gasteiger partial charge < -0.3 is 0 Å². The normalized spacial score (nSPS) is 10.8. The molecule has 0 amide bonds. The van der Waals surface area contributed by atoms with Gasteiger partial charge in [-0.25, -0.2) is 4.98 Å². The summed E-state index contributed by atoms with van der Waals surface area (Å²) in [5.41, 5.74) is 1.09. The molecular weight excluding hydrogens is 237 g/mol. The highest BCUT2D eigenvalue weighted by Crippen LogP contribution is 2.14. The van der Waals surface area contributed by atoms with Crippen LogP contribution in [0.15, 0.2) is 29.0 Å². The smallest absolute Gasteiger partial charge is 0.113 e. The first-order chi connectivity index (χ1) is 5.84. The molecule has 0 radical (unpaired) electrons. The summed E-state index contributed by atoms with van der Waals surface area (Å²) >= 11 is 8.88. The third-order valence-electron chi connectivity index (χ3n) is 1.36. The Morgan fingerprint density at radius 3 is 3.08 bits per heavy atom. The van der Waals surface area contributed by atoms with Gasteiger partial charge in [0.2, 0.25) is 0 Å². The van der Waals surface area contributed by atoms with Crippen molar-refractivity contribution in [1.29, 1.82) is 0 Å². The summed E-state index contributed by atoms with van der Waals surface area (Å²) in [7, 11) is 0. The van der Waals surface area contributed by atoms with E-state index in [4.69, 9.17) is 11.6 Å². The molecular formula is C9H9BrClN. The van der Waals surface area contributed by atoms with Crippen LogP contribution in [-0.2, 0) is 0 Å². The van der Waals surface area contributed by atoms with Crippen molar-refractivity contribution in [3.8, 4) is 0 Å². The Hall–Kier alpha value is -0.340. The summed E-state index contributed by atoms with van der Waals surface area (Å²) in [6.45, 7) is 0. The fraction of sp³-hybridized carbons (Fsp3) is 0.222. The molecule has 0 aliphatic rings. The lowest BCUT2D eigenvalue weighted by Gasteiger charge is -1.94. The summed E-state index contributed by atoms with van der Waals surface area (Å²) in [5.74, 6) is 0.661. The maximum absolute atomic E-state index is 5.53. The predicted molar refractivity (Wildman–Crippen MR) is 56.3 cm³/mol. The summed E-state index contributed by atoms with van der Waals surface area (Å²) < 4.78 is 0.871. The molecule has 12 heavy (non-hydrogen) atoms. The number of alkyl halides is 1. The molecule has 0 unspecified atom stereocenters. The molecule has 1 aromatic rings. The lowest BCUT2D eigenvalue weighted by atomic mass is 10.2. The molecule has 1 nitrogen and oxygen atoms in total. The summed E-state index contributed by atoms with van der Waals surface area (Å²) in [4.78, 5) is 4.09. The van der Waals surface area contributed by atoms with Gasteiger partial charge in [-0.15, -0.1) is 11.6 Å². The van der Waals surface area contributed by atoms with Gasteiger partial charge in [-0.2, -0.15) is 0 Å². The van der Waals surface area contributed by atoms with Crippen molar-refractivity contribution in [2.24, 2.45) is 0 Å². The molecule has 0 bridgehead atoms. The van der Waals surface area contributed by atoms with Gasteiger partial charge in [-0.05, 0) is 28.4 Å². The molecule has 1 aromatic heterocycles. The molecule has 0 fully saturated rings. The molecule has 1 rings (SSSR count). The predicted octanol–water partition coefficient (Wildman–Crippen LogP) is 3.49. The Morgan fingerprint density at radius 2 is 2.42 bits per heavy atom. The summed E-state index contributed by atoms with van der Waals surface area (Å²) in [6.07, 6.45) is 6.69. The van der Waals surface area contributed by atoms with Crippen molar-refractivity contribution in [3.63, 3.8) is 0 Å². The highest BCUT2D eigenvalue weighted by Gasteiger charge is 1.92. The minimum Gasteiger partial charge on any atom is -0.249 e. The molecule has 0 aliphatic carbocycles. The van der Waals surface area contributed by atoms with Crippen LogP contribution in [0.3, 0.4) is 0 Å². The van der Waals surface area contributed by atoms with Crippen molar-refractivity contribution >= 4 is 33.6 Å². The van der Waals surface area contributed by atoms with E-state index in [-0.39, 0.29) is 0 Å². The third-order valence-corrected chi connectivity index (χ3v) is 2.24. The minimum absolute atomic E-state index is 0.661. The fourth-order valence-electron chi connectivity index (χ4n) is 0.796. The van der Waals surface area contributed by atoms with Crippen molar-refractivity contribution in [2.75, 3.05) is 5.88 Å². The third kappa shape index (κ3) is 2.95. The molecule has 1 heterocycles. The quantitative estimate of drug-likeness (QED) is 0.588. The molecule has 0 atom stereocenters. The number of pyridine rings is 1. The van der Waals surface area contributed by atoms with Crippen molar-refractivity contribution < 1.29 is 0 Å². The van der Waals surface area contributed by atoms with E-state index in [9.17, 15) is 0 Å². The van der Waals surface area contributed by atoms with Crippen molar-refractivity contribution in [3.05, 3.63) is 34.6 Å². The summed E-state index contributed by atoms with van der Waals surface area (Å²) in [5, 5.41) is 0. The molecule has 3 heteroatoms. The van der Waals surface area contributed by atoms with Crippen LogP contribution in [0.2, 0.25) is 0 Å². The second-order valence-corrected chi connectivity index (χ2v) is 3.39. The zero-order valence-corrected chi connectivity index (χ0v) is 8.85. The topological polar surface area (TPSA) is 12.9 Å². The number of hydrogen-bond donors (Lipinski definition) is 0. The van der Waals surface area contributed by atoms with Gasteiger partial charge in [-0.1, -0.05) is 18.2 Å². The second-order valence-electron chi connectivity index (χ2n) is 2.26. The first kappa shape index (κ1) is 9.75. The SMILES string of the molecule is ClCCC=Cc1cccnc1Br. The van der Waals surface area contributed by atoms with E-state index in [0.29, 0.717) is 5.88 Å². The fourth-order valence-corrected chi connectivity index (χ4v) is 1.30. The lowest BCUT2D eigenvalue weighted by Crippen LogP contribution is -1.78. The number of aromatic nitrogens is 1. The number of allylic oxidation sites excluding steroid dienone is 1. The van der Waals surface area contributed by atoms with Gasteiger partial charge in [0.1, 0.15) is 4.60 Å². The monoisotopic (exact) mass is 245 g/mol. The first-order valence-corrected chi connectivity index (χ1v) is 5.00. The largest absolute Gasteiger partial charge is 0.249 e. The molecule has 0 saturated heterocycles. The Bertz CT molecular complexity index is 273.